The average molecular weight is 268 g/mol. The van der Waals surface area contributed by atoms with Crippen LogP contribution in [0.15, 0.2) is 35.3 Å². The molecule has 2 aliphatic heterocycles. The topological polar surface area (TPSA) is 58.5 Å². The summed E-state index contributed by atoms with van der Waals surface area (Å²) >= 11 is 1.54. The van der Waals surface area contributed by atoms with Crippen LogP contribution in [0.3, 0.4) is 0 Å². The molecule has 2 heterocycles. The molecule has 1 aromatic carbocycles. The van der Waals surface area contributed by atoms with Crippen molar-refractivity contribution in [1.82, 2.24) is 0 Å². The third-order valence-corrected chi connectivity index (χ3v) is 5.98. The van der Waals surface area contributed by atoms with E-state index >= 15 is 0 Å². The van der Waals surface area contributed by atoms with Gasteiger partial charge in [-0.25, -0.2) is 8.42 Å². The lowest BCUT2D eigenvalue weighted by Crippen LogP contribution is -2.13. The Morgan fingerprint density at radius 3 is 2.71 bits per heavy atom. The predicted octanol–water partition coefficient (Wildman–Crippen LogP) is 1.37. The minimum Gasteiger partial charge on any atom is -0.335 e. The first-order valence-corrected chi connectivity index (χ1v) is 8.09. The van der Waals surface area contributed by atoms with E-state index in [0.717, 1.165) is 10.9 Å². The Morgan fingerprint density at radius 2 is 2.00 bits per heavy atom. The second-order valence-electron chi connectivity index (χ2n) is 4.23. The molecule has 0 bridgehead atoms. The third kappa shape index (κ3) is 2.32. The van der Waals surface area contributed by atoms with E-state index in [2.05, 4.69) is 10.3 Å². The summed E-state index contributed by atoms with van der Waals surface area (Å²) in [4.78, 5) is 4.43. The predicted molar refractivity (Wildman–Crippen MR) is 71.3 cm³/mol. The molecular weight excluding hydrogens is 256 g/mol. The molecule has 1 N–H and O–H groups in total. The number of hydrogen-bond acceptors (Lipinski definition) is 5. The Morgan fingerprint density at radius 1 is 1.24 bits per heavy atom. The first-order valence-electron chi connectivity index (χ1n) is 5.39. The fourth-order valence-corrected chi connectivity index (χ4v) is 5.74. The molecule has 0 spiro atoms. The van der Waals surface area contributed by atoms with E-state index in [1.54, 1.807) is 0 Å². The van der Waals surface area contributed by atoms with Gasteiger partial charge in [0, 0.05) is 10.9 Å². The quantitative estimate of drug-likeness (QED) is 0.835. The van der Waals surface area contributed by atoms with Crippen LogP contribution >= 0.6 is 11.8 Å². The highest BCUT2D eigenvalue weighted by atomic mass is 32.2. The maximum atomic E-state index is 11.4. The summed E-state index contributed by atoms with van der Waals surface area (Å²) in [5.41, 5.74) is 0.988. The zero-order valence-electron chi connectivity index (χ0n) is 9.04. The Hall–Kier alpha value is -1.01. The van der Waals surface area contributed by atoms with E-state index in [-0.39, 0.29) is 22.8 Å². The first kappa shape index (κ1) is 11.1. The van der Waals surface area contributed by atoms with Gasteiger partial charge in [0.05, 0.1) is 17.5 Å². The number of para-hydroxylation sites is 1. The first-order chi connectivity index (χ1) is 8.12. The van der Waals surface area contributed by atoms with Gasteiger partial charge in [-0.3, -0.25) is 4.99 Å². The molecule has 17 heavy (non-hydrogen) atoms. The molecule has 2 unspecified atom stereocenters. The highest BCUT2D eigenvalue weighted by Crippen LogP contribution is 2.34. The van der Waals surface area contributed by atoms with Crippen molar-refractivity contribution >= 4 is 32.5 Å². The molecule has 0 aromatic heterocycles. The lowest BCUT2D eigenvalue weighted by molar-refractivity contribution is 0.601. The van der Waals surface area contributed by atoms with Crippen LogP contribution in [0.2, 0.25) is 0 Å². The molecule has 2 atom stereocenters. The summed E-state index contributed by atoms with van der Waals surface area (Å²) in [5, 5.41) is 4.15. The molecule has 2 aliphatic rings. The summed E-state index contributed by atoms with van der Waals surface area (Å²) in [5.74, 6) is 0.455. The number of thioether (sulfide) groups is 1. The number of hydrogen-bond donors (Lipinski definition) is 1. The summed E-state index contributed by atoms with van der Waals surface area (Å²) < 4.78 is 22.8. The van der Waals surface area contributed by atoms with Gasteiger partial charge in [-0.1, -0.05) is 30.0 Å². The molecule has 1 fully saturated rings. The van der Waals surface area contributed by atoms with Crippen molar-refractivity contribution in [2.45, 2.75) is 11.3 Å². The van der Waals surface area contributed by atoms with Crippen molar-refractivity contribution in [3.05, 3.63) is 30.3 Å². The van der Waals surface area contributed by atoms with Crippen molar-refractivity contribution in [2.24, 2.45) is 4.99 Å². The van der Waals surface area contributed by atoms with Crippen LogP contribution in [-0.2, 0) is 9.84 Å². The Bertz CT molecular complexity index is 554. The molecular formula is C11H12N2O2S2. The highest BCUT2D eigenvalue weighted by Gasteiger charge is 2.42. The van der Waals surface area contributed by atoms with Gasteiger partial charge < -0.3 is 5.32 Å². The molecule has 4 nitrogen and oxygen atoms in total. The fraction of sp³-hybridized carbons (Fsp3) is 0.364. The minimum atomic E-state index is -2.86. The molecule has 0 amide bonds. The summed E-state index contributed by atoms with van der Waals surface area (Å²) in [6, 6.07) is 9.73. The van der Waals surface area contributed by atoms with Gasteiger partial charge in [-0.2, -0.15) is 0 Å². The van der Waals surface area contributed by atoms with E-state index in [1.165, 1.54) is 11.8 Å². The highest BCUT2D eigenvalue weighted by molar-refractivity contribution is 8.15. The molecule has 0 radical (unpaired) electrons. The Labute approximate surface area is 104 Å². The van der Waals surface area contributed by atoms with Crippen molar-refractivity contribution < 1.29 is 8.42 Å². The van der Waals surface area contributed by atoms with Crippen LogP contribution in [0.1, 0.15) is 0 Å². The van der Waals surface area contributed by atoms with Crippen LogP contribution < -0.4 is 5.32 Å². The maximum absolute atomic E-state index is 11.4. The number of amidine groups is 1. The second-order valence-corrected chi connectivity index (χ2v) is 7.61. The van der Waals surface area contributed by atoms with Gasteiger partial charge in [-0.05, 0) is 12.1 Å². The zero-order chi connectivity index (χ0) is 11.9. The fourth-order valence-electron chi connectivity index (χ4n) is 2.06. The van der Waals surface area contributed by atoms with Crippen LogP contribution in [0.5, 0.6) is 0 Å². The number of aliphatic imine (C=N–C) groups is 1. The van der Waals surface area contributed by atoms with Crippen LogP contribution in [0.25, 0.3) is 0 Å². The average Bonchev–Trinajstić information content (AvgIpc) is 2.72. The van der Waals surface area contributed by atoms with E-state index < -0.39 is 9.84 Å². The van der Waals surface area contributed by atoms with Crippen LogP contribution in [0.4, 0.5) is 5.69 Å². The number of sulfone groups is 1. The standard InChI is InChI=1S/C11H12N2O2S2/c14-17(15)6-9-10(7-17)16-11(13-9)12-8-4-2-1-3-5-8/h1-5,9-10H,6-7H2,(H,12,13). The summed E-state index contributed by atoms with van der Waals surface area (Å²) in [6.45, 7) is 0. The Kier molecular flexibility index (Phi) is 2.63. The number of nitrogens with zero attached hydrogens (tertiary/aromatic N) is 1. The van der Waals surface area contributed by atoms with E-state index in [0.29, 0.717) is 0 Å². The normalized spacial score (nSPS) is 29.8. The second kappa shape index (κ2) is 4.03. The SMILES string of the molecule is O=S1(=O)CC2N=C(Nc3ccccc3)SC2C1. The van der Waals surface area contributed by atoms with Gasteiger partial charge in [0.2, 0.25) is 0 Å². The maximum Gasteiger partial charge on any atom is 0.161 e. The van der Waals surface area contributed by atoms with Gasteiger partial charge in [0.15, 0.2) is 15.0 Å². The van der Waals surface area contributed by atoms with Crippen molar-refractivity contribution in [3.63, 3.8) is 0 Å². The van der Waals surface area contributed by atoms with Crippen molar-refractivity contribution in [2.75, 3.05) is 16.8 Å². The van der Waals surface area contributed by atoms with E-state index in [4.69, 9.17) is 0 Å². The van der Waals surface area contributed by atoms with Crippen molar-refractivity contribution in [1.29, 1.82) is 0 Å². The molecule has 1 aromatic rings. The molecule has 6 heteroatoms. The Balaban J connectivity index is 1.73. The van der Waals surface area contributed by atoms with Gasteiger partial charge in [0.25, 0.3) is 0 Å². The van der Waals surface area contributed by atoms with Crippen LogP contribution in [-0.4, -0.2) is 36.4 Å². The molecule has 90 valence electrons. The molecule has 0 aliphatic carbocycles. The molecule has 1 saturated heterocycles. The molecule has 0 saturated carbocycles. The zero-order valence-corrected chi connectivity index (χ0v) is 10.7. The number of rotatable bonds is 1. The van der Waals surface area contributed by atoms with Crippen molar-refractivity contribution in [3.8, 4) is 0 Å². The summed E-state index contributed by atoms with van der Waals surface area (Å²) in [6.07, 6.45) is 0. The van der Waals surface area contributed by atoms with Gasteiger partial charge >= 0.3 is 0 Å². The largest absolute Gasteiger partial charge is 0.335 e. The van der Waals surface area contributed by atoms with E-state index in [9.17, 15) is 8.42 Å². The van der Waals surface area contributed by atoms with Gasteiger partial charge in [-0.15, -0.1) is 0 Å². The number of anilines is 1. The van der Waals surface area contributed by atoms with E-state index in [1.807, 2.05) is 30.3 Å². The lowest BCUT2D eigenvalue weighted by atomic mass is 10.3. The minimum absolute atomic E-state index is 0.0591. The number of nitrogens with one attached hydrogen (secondary N) is 1. The lowest BCUT2D eigenvalue weighted by Gasteiger charge is -2.05. The monoisotopic (exact) mass is 268 g/mol. The number of benzene rings is 1. The van der Waals surface area contributed by atoms with Crippen LogP contribution in [0, 0.1) is 0 Å². The smallest absolute Gasteiger partial charge is 0.161 e. The number of fused-ring (bicyclic) bond motifs is 1. The summed E-state index contributed by atoms with van der Waals surface area (Å²) in [7, 11) is -2.86. The molecule has 3 rings (SSSR count). The van der Waals surface area contributed by atoms with Gasteiger partial charge in [0.1, 0.15) is 0 Å². The third-order valence-electron chi connectivity index (χ3n) is 2.84.